The zero-order valence-electron chi connectivity index (χ0n) is 31.0. The highest BCUT2D eigenvalue weighted by Crippen LogP contribution is 2.32. The third-order valence-electron chi connectivity index (χ3n) is 8.06. The van der Waals surface area contributed by atoms with Crippen LogP contribution in [0, 0.1) is 5.92 Å². The quantitative estimate of drug-likeness (QED) is 0.115. The van der Waals surface area contributed by atoms with Gasteiger partial charge in [-0.2, -0.15) is 0 Å². The molecule has 2 heterocycles. The second-order valence-corrected chi connectivity index (χ2v) is 17.2. The van der Waals surface area contributed by atoms with Crippen molar-refractivity contribution >= 4 is 22.2 Å². The van der Waals surface area contributed by atoms with Crippen molar-refractivity contribution in [1.29, 1.82) is 0 Å². The Labute approximate surface area is 302 Å². The van der Waals surface area contributed by atoms with Crippen molar-refractivity contribution < 1.29 is 56.6 Å². The summed E-state index contributed by atoms with van der Waals surface area (Å²) in [5.41, 5.74) is 3.96. The molecule has 2 fully saturated rings. The molecule has 0 radical (unpaired) electrons. The van der Waals surface area contributed by atoms with Crippen LogP contribution in [-0.4, -0.2) is 130 Å². The molecule has 1 saturated heterocycles. The van der Waals surface area contributed by atoms with Crippen molar-refractivity contribution in [3.63, 3.8) is 0 Å². The highest BCUT2D eigenvalue weighted by molar-refractivity contribution is 7.89. The molecule has 0 aromatic heterocycles. The molecular weight excluding hydrogens is 690 g/mol. The van der Waals surface area contributed by atoms with Crippen LogP contribution in [0.25, 0.3) is 0 Å². The fourth-order valence-corrected chi connectivity index (χ4v) is 7.07. The minimum absolute atomic E-state index is 0.0527. The van der Waals surface area contributed by atoms with Gasteiger partial charge < -0.3 is 60.3 Å². The Kier molecular flexibility index (Phi) is 16.2. The standard InChI is InChI=1S/C33H61N5O12S/c1-20-16-24(39)29(45-19-20)48-28-23(38-51(43,44)15-14-36-30(41)49-32(2,3)4)17-22(37-31(42)50-33(5,6)7)27(26(28)40)47-25-11-8-10-21(46-25)18-35-13-9-12-34/h10,20,22-29,35,38-40H,8-9,11-19,34H2,1-7H3,(H,36,41)(H,37,42)/t20-,22-,23+,24+,25+,26-,27+,28-,29+/m0/s1. The number of carbonyl (C=O) groups excluding carboxylic acids is 2. The first-order valence-corrected chi connectivity index (χ1v) is 19.4. The first-order chi connectivity index (χ1) is 23.7. The van der Waals surface area contributed by atoms with Crippen molar-refractivity contribution in [3.8, 4) is 0 Å². The summed E-state index contributed by atoms with van der Waals surface area (Å²) in [5.74, 6) is 0.174. The van der Waals surface area contributed by atoms with Crippen LogP contribution in [0.2, 0.25) is 0 Å². The highest BCUT2D eigenvalue weighted by atomic mass is 32.2. The molecule has 0 aromatic rings. The van der Waals surface area contributed by atoms with Gasteiger partial charge in [0.2, 0.25) is 10.0 Å². The molecule has 18 heteroatoms. The molecular formula is C33H61N5O12S. The molecule has 1 aliphatic carbocycles. The largest absolute Gasteiger partial charge is 0.468 e. The fourth-order valence-electron chi connectivity index (χ4n) is 5.89. The Morgan fingerprint density at radius 1 is 0.980 bits per heavy atom. The molecule has 0 aromatic carbocycles. The maximum absolute atomic E-state index is 13.4. The molecule has 17 nitrogen and oxygen atoms in total. The summed E-state index contributed by atoms with van der Waals surface area (Å²) < 4.78 is 64.4. The summed E-state index contributed by atoms with van der Waals surface area (Å²) in [5, 5.41) is 31.2. The Morgan fingerprint density at radius 3 is 2.29 bits per heavy atom. The van der Waals surface area contributed by atoms with E-state index in [1.807, 2.05) is 13.0 Å². The first kappa shape index (κ1) is 43.1. The maximum Gasteiger partial charge on any atom is 0.407 e. The number of allylic oxidation sites excluding steroid dienone is 1. The molecule has 0 unspecified atom stereocenters. The summed E-state index contributed by atoms with van der Waals surface area (Å²) in [6, 6.07) is -2.13. The topological polar surface area (TPSA) is 238 Å². The van der Waals surface area contributed by atoms with Gasteiger partial charge in [0.05, 0.1) is 31.0 Å². The van der Waals surface area contributed by atoms with Crippen LogP contribution in [0.1, 0.15) is 80.6 Å². The van der Waals surface area contributed by atoms with E-state index in [1.54, 1.807) is 41.5 Å². The molecule has 1 saturated carbocycles. The van der Waals surface area contributed by atoms with E-state index in [1.165, 1.54) is 0 Å². The number of hydrogen-bond donors (Lipinski definition) is 7. The summed E-state index contributed by atoms with van der Waals surface area (Å²) in [6.07, 6.45) is -4.54. The number of sulfonamides is 1. The highest BCUT2D eigenvalue weighted by Gasteiger charge is 2.50. The summed E-state index contributed by atoms with van der Waals surface area (Å²) in [4.78, 5) is 25.2. The number of alkyl carbamates (subject to hydrolysis) is 2. The molecule has 8 N–H and O–H groups in total. The van der Waals surface area contributed by atoms with E-state index in [2.05, 4.69) is 20.7 Å². The predicted octanol–water partition coefficient (Wildman–Crippen LogP) is 0.930. The smallest absolute Gasteiger partial charge is 0.407 e. The van der Waals surface area contributed by atoms with Gasteiger partial charge in [-0.1, -0.05) is 6.92 Å². The second-order valence-electron chi connectivity index (χ2n) is 15.4. The van der Waals surface area contributed by atoms with Crippen LogP contribution >= 0.6 is 0 Å². The van der Waals surface area contributed by atoms with E-state index in [0.717, 1.165) is 6.42 Å². The number of ether oxygens (including phenoxy) is 6. The lowest BCUT2D eigenvalue weighted by atomic mass is 9.83. The number of carbonyl (C=O) groups is 2. The molecule has 296 valence electrons. The van der Waals surface area contributed by atoms with Crippen LogP contribution in [-0.2, 0) is 38.4 Å². The van der Waals surface area contributed by atoms with Crippen LogP contribution in [0.4, 0.5) is 9.59 Å². The van der Waals surface area contributed by atoms with Gasteiger partial charge in [-0.15, -0.1) is 0 Å². The van der Waals surface area contributed by atoms with E-state index in [-0.39, 0.29) is 25.5 Å². The average Bonchev–Trinajstić information content (AvgIpc) is 2.98. The molecule has 2 amide bonds. The number of aliphatic hydroxyl groups excluding tert-OH is 2. The van der Waals surface area contributed by atoms with Gasteiger partial charge in [-0.3, -0.25) is 0 Å². The van der Waals surface area contributed by atoms with E-state index in [4.69, 9.17) is 34.2 Å². The number of hydrogen-bond acceptors (Lipinski definition) is 14. The number of nitrogens with one attached hydrogen (secondary N) is 4. The van der Waals surface area contributed by atoms with E-state index >= 15 is 0 Å². The van der Waals surface area contributed by atoms with Gasteiger partial charge in [0.15, 0.2) is 12.6 Å². The SMILES string of the molecule is C[C@@H]1CO[C@H](O[C@@H]2[C@@H](O)[C@H](O[C@@H]3CCC=C(CNCCCN)O3)[C@@H](NC(=O)OC(C)(C)C)C[C@H]2NS(=O)(=O)CCNC(=O)OC(C)(C)C)[C@H](O)C1. The third-order valence-corrected chi connectivity index (χ3v) is 9.47. The second kappa shape index (κ2) is 19.2. The van der Waals surface area contributed by atoms with Crippen LogP contribution in [0.5, 0.6) is 0 Å². The van der Waals surface area contributed by atoms with Crippen LogP contribution in [0.3, 0.4) is 0 Å². The van der Waals surface area contributed by atoms with Gasteiger partial charge in [0, 0.05) is 13.0 Å². The lowest BCUT2D eigenvalue weighted by Crippen LogP contribution is -2.67. The Bertz CT molecular complexity index is 1260. The van der Waals surface area contributed by atoms with Gasteiger partial charge in [0.1, 0.15) is 41.4 Å². The molecule has 0 bridgehead atoms. The Hall–Kier alpha value is -2.29. The van der Waals surface area contributed by atoms with Crippen molar-refractivity contribution in [2.24, 2.45) is 11.7 Å². The lowest BCUT2D eigenvalue weighted by Gasteiger charge is -2.47. The Morgan fingerprint density at radius 2 is 1.65 bits per heavy atom. The molecule has 0 spiro atoms. The third kappa shape index (κ3) is 15.3. The van der Waals surface area contributed by atoms with Crippen molar-refractivity contribution in [1.82, 2.24) is 20.7 Å². The number of rotatable bonds is 15. The van der Waals surface area contributed by atoms with Gasteiger partial charge in [-0.05, 0) is 92.3 Å². The summed E-state index contributed by atoms with van der Waals surface area (Å²) >= 11 is 0. The minimum Gasteiger partial charge on any atom is -0.468 e. The van der Waals surface area contributed by atoms with E-state index in [0.29, 0.717) is 44.7 Å². The number of aliphatic hydroxyl groups is 2. The minimum atomic E-state index is -4.13. The summed E-state index contributed by atoms with van der Waals surface area (Å²) in [6.45, 7) is 13.8. The lowest BCUT2D eigenvalue weighted by molar-refractivity contribution is -0.282. The fraction of sp³-hybridized carbons (Fsp3) is 0.879. The van der Waals surface area contributed by atoms with Gasteiger partial charge >= 0.3 is 12.2 Å². The molecule has 3 rings (SSSR count). The zero-order chi connectivity index (χ0) is 38.0. The van der Waals surface area contributed by atoms with E-state index < -0.39 is 88.2 Å². The first-order valence-electron chi connectivity index (χ1n) is 17.8. The maximum atomic E-state index is 13.4. The molecule has 51 heavy (non-hydrogen) atoms. The number of nitrogens with two attached hydrogens (primary N) is 1. The molecule has 3 aliphatic rings. The van der Waals surface area contributed by atoms with Crippen molar-refractivity contribution in [2.45, 2.75) is 141 Å². The van der Waals surface area contributed by atoms with Crippen molar-refractivity contribution in [2.75, 3.05) is 38.5 Å². The van der Waals surface area contributed by atoms with Crippen molar-refractivity contribution in [3.05, 3.63) is 11.8 Å². The monoisotopic (exact) mass is 751 g/mol. The van der Waals surface area contributed by atoms with E-state index in [9.17, 15) is 28.2 Å². The summed E-state index contributed by atoms with van der Waals surface area (Å²) in [7, 11) is -4.13. The Balaban J connectivity index is 1.85. The molecule has 2 aliphatic heterocycles. The van der Waals surface area contributed by atoms with Gasteiger partial charge in [-0.25, -0.2) is 22.7 Å². The van der Waals surface area contributed by atoms with Crippen LogP contribution < -0.4 is 26.4 Å². The van der Waals surface area contributed by atoms with Gasteiger partial charge in [0.25, 0.3) is 0 Å². The number of amides is 2. The predicted molar refractivity (Wildman–Crippen MR) is 187 cm³/mol. The normalized spacial score (nSPS) is 30.5. The average molecular weight is 752 g/mol. The van der Waals surface area contributed by atoms with Crippen LogP contribution in [0.15, 0.2) is 11.8 Å². The molecule has 9 atom stereocenters. The zero-order valence-corrected chi connectivity index (χ0v) is 31.8.